The SMILES string of the molecule is O=C(c1cccnc1)N1CC2CC3CC1CN(C3)C2. The van der Waals surface area contributed by atoms with E-state index in [-0.39, 0.29) is 5.91 Å². The molecule has 4 heteroatoms. The third kappa shape index (κ3) is 1.94. The molecule has 4 nitrogen and oxygen atoms in total. The first kappa shape index (κ1) is 11.4. The lowest BCUT2D eigenvalue weighted by Crippen LogP contribution is -2.50. The molecule has 5 heterocycles. The number of piperidine rings is 2. The van der Waals surface area contributed by atoms with Crippen LogP contribution < -0.4 is 0 Å². The maximum absolute atomic E-state index is 12.7. The first-order valence-corrected chi connectivity index (χ1v) is 7.23. The van der Waals surface area contributed by atoms with Gasteiger partial charge in [0.25, 0.3) is 5.91 Å². The third-order valence-electron chi connectivity index (χ3n) is 4.84. The Hall–Kier alpha value is -1.42. The van der Waals surface area contributed by atoms with Gasteiger partial charge in [0.1, 0.15) is 0 Å². The molecule has 0 N–H and O–H groups in total. The van der Waals surface area contributed by atoms with Crippen LogP contribution in [0.5, 0.6) is 0 Å². The van der Waals surface area contributed by atoms with Crippen molar-refractivity contribution in [2.75, 3.05) is 26.2 Å². The topological polar surface area (TPSA) is 36.4 Å². The summed E-state index contributed by atoms with van der Waals surface area (Å²) in [5.74, 6) is 1.66. The molecule has 1 aromatic heterocycles. The van der Waals surface area contributed by atoms with E-state index in [0.29, 0.717) is 12.0 Å². The van der Waals surface area contributed by atoms with Gasteiger partial charge in [-0.05, 0) is 36.8 Å². The molecule has 1 amide bonds. The molecule has 4 aliphatic heterocycles. The van der Waals surface area contributed by atoms with E-state index in [9.17, 15) is 4.79 Å². The average Bonchev–Trinajstić information content (AvgIpc) is 2.63. The van der Waals surface area contributed by atoms with E-state index in [1.54, 1.807) is 12.4 Å². The monoisotopic (exact) mass is 257 g/mol. The summed E-state index contributed by atoms with van der Waals surface area (Å²) in [5, 5.41) is 0. The van der Waals surface area contributed by atoms with Crippen LogP contribution in [0, 0.1) is 11.8 Å². The van der Waals surface area contributed by atoms with E-state index in [0.717, 1.165) is 24.6 Å². The van der Waals surface area contributed by atoms with Crippen LogP contribution in [0.3, 0.4) is 0 Å². The highest BCUT2D eigenvalue weighted by Crippen LogP contribution is 2.36. The Morgan fingerprint density at radius 3 is 2.84 bits per heavy atom. The molecule has 0 saturated carbocycles. The van der Waals surface area contributed by atoms with E-state index in [2.05, 4.69) is 14.8 Å². The summed E-state index contributed by atoms with van der Waals surface area (Å²) in [6.07, 6.45) is 5.92. The van der Waals surface area contributed by atoms with Crippen molar-refractivity contribution in [2.24, 2.45) is 11.8 Å². The Bertz CT molecular complexity index is 475. The Balaban J connectivity index is 1.63. The summed E-state index contributed by atoms with van der Waals surface area (Å²) in [4.78, 5) is 21.4. The molecule has 4 fully saturated rings. The molecule has 4 bridgehead atoms. The molecule has 100 valence electrons. The van der Waals surface area contributed by atoms with Crippen molar-refractivity contribution >= 4 is 5.91 Å². The number of aromatic nitrogens is 1. The maximum atomic E-state index is 12.7. The number of hydrogen-bond acceptors (Lipinski definition) is 3. The highest BCUT2D eigenvalue weighted by atomic mass is 16.2. The molecule has 4 aliphatic rings. The molecular formula is C15H19N3O. The largest absolute Gasteiger partial charge is 0.334 e. The molecular weight excluding hydrogens is 238 g/mol. The van der Waals surface area contributed by atoms with E-state index in [4.69, 9.17) is 0 Å². The minimum absolute atomic E-state index is 0.174. The molecule has 4 atom stereocenters. The minimum Gasteiger partial charge on any atom is -0.334 e. The number of nitrogens with zero attached hydrogens (tertiary/aromatic N) is 3. The van der Waals surface area contributed by atoms with Crippen LogP contribution in [0.15, 0.2) is 24.5 Å². The third-order valence-corrected chi connectivity index (χ3v) is 4.84. The van der Waals surface area contributed by atoms with Gasteiger partial charge >= 0.3 is 0 Å². The van der Waals surface area contributed by atoms with Crippen molar-refractivity contribution in [2.45, 2.75) is 18.9 Å². The van der Waals surface area contributed by atoms with Crippen molar-refractivity contribution in [3.63, 3.8) is 0 Å². The van der Waals surface area contributed by atoms with Crippen molar-refractivity contribution < 1.29 is 4.79 Å². The van der Waals surface area contributed by atoms with Crippen LogP contribution in [-0.4, -0.2) is 52.9 Å². The number of amides is 1. The quantitative estimate of drug-likeness (QED) is 0.759. The lowest BCUT2D eigenvalue weighted by Gasteiger charge is -2.41. The summed E-state index contributed by atoms with van der Waals surface area (Å²) >= 11 is 0. The Labute approximate surface area is 113 Å². The lowest BCUT2D eigenvalue weighted by atomic mass is 9.84. The van der Waals surface area contributed by atoms with Crippen LogP contribution in [0.1, 0.15) is 23.2 Å². The molecule has 4 unspecified atom stereocenters. The van der Waals surface area contributed by atoms with Crippen LogP contribution in [-0.2, 0) is 0 Å². The van der Waals surface area contributed by atoms with Crippen molar-refractivity contribution in [3.8, 4) is 0 Å². The summed E-state index contributed by atoms with van der Waals surface area (Å²) < 4.78 is 0. The van der Waals surface area contributed by atoms with Gasteiger partial charge in [0, 0.05) is 44.6 Å². The first-order chi connectivity index (χ1) is 9.29. The summed E-state index contributed by atoms with van der Waals surface area (Å²) in [5.41, 5.74) is 0.735. The Kier molecular flexibility index (Phi) is 2.58. The number of carbonyl (C=O) groups excluding carboxylic acids is 1. The molecule has 0 aromatic carbocycles. The van der Waals surface area contributed by atoms with Gasteiger partial charge in [0.15, 0.2) is 0 Å². The zero-order valence-corrected chi connectivity index (χ0v) is 11.0. The van der Waals surface area contributed by atoms with Gasteiger partial charge in [-0.1, -0.05) is 0 Å². The van der Waals surface area contributed by atoms with Crippen LogP contribution in [0.2, 0.25) is 0 Å². The second kappa shape index (κ2) is 4.30. The zero-order chi connectivity index (χ0) is 12.8. The predicted molar refractivity (Wildman–Crippen MR) is 71.7 cm³/mol. The van der Waals surface area contributed by atoms with Crippen LogP contribution in [0.25, 0.3) is 0 Å². The van der Waals surface area contributed by atoms with Crippen molar-refractivity contribution in [1.82, 2.24) is 14.8 Å². The molecule has 5 rings (SSSR count). The summed E-state index contributed by atoms with van der Waals surface area (Å²) in [6, 6.07) is 4.14. The fraction of sp³-hybridized carbons (Fsp3) is 0.600. The second-order valence-corrected chi connectivity index (χ2v) is 6.28. The van der Waals surface area contributed by atoms with E-state index < -0.39 is 0 Å². The fourth-order valence-corrected chi connectivity index (χ4v) is 4.19. The summed E-state index contributed by atoms with van der Waals surface area (Å²) in [7, 11) is 0. The second-order valence-electron chi connectivity index (χ2n) is 6.28. The van der Waals surface area contributed by atoms with E-state index >= 15 is 0 Å². The molecule has 19 heavy (non-hydrogen) atoms. The highest BCUT2D eigenvalue weighted by Gasteiger charge is 2.43. The standard InChI is InChI=1S/C15H19N3O/c19-15(13-2-1-3-16-6-13)18-9-12-4-11-5-14(18)10-17(7-11)8-12/h1-3,6,11-12,14H,4-5,7-10H2. The van der Waals surface area contributed by atoms with Gasteiger partial charge in [0.05, 0.1) is 5.56 Å². The maximum Gasteiger partial charge on any atom is 0.255 e. The molecule has 4 saturated heterocycles. The number of fused-ring (bicyclic) bond motifs is 1. The Morgan fingerprint density at radius 1 is 1.16 bits per heavy atom. The van der Waals surface area contributed by atoms with Gasteiger partial charge in [-0.15, -0.1) is 0 Å². The van der Waals surface area contributed by atoms with Gasteiger partial charge in [-0.2, -0.15) is 0 Å². The number of carbonyl (C=O) groups is 1. The van der Waals surface area contributed by atoms with Gasteiger partial charge in [-0.25, -0.2) is 0 Å². The predicted octanol–water partition coefficient (Wildman–Crippen LogP) is 1.25. The van der Waals surface area contributed by atoms with Crippen molar-refractivity contribution in [1.29, 1.82) is 0 Å². The Morgan fingerprint density at radius 2 is 2.05 bits per heavy atom. The summed E-state index contributed by atoms with van der Waals surface area (Å²) in [6.45, 7) is 4.44. The van der Waals surface area contributed by atoms with Gasteiger partial charge < -0.3 is 9.80 Å². The normalized spacial score (nSPS) is 36.3. The van der Waals surface area contributed by atoms with Gasteiger partial charge in [-0.3, -0.25) is 9.78 Å². The fourth-order valence-electron chi connectivity index (χ4n) is 4.19. The van der Waals surface area contributed by atoms with E-state index in [1.165, 1.54) is 25.9 Å². The molecule has 0 radical (unpaired) electrons. The number of pyridine rings is 1. The minimum atomic E-state index is 0.174. The van der Waals surface area contributed by atoms with E-state index in [1.807, 2.05) is 12.1 Å². The van der Waals surface area contributed by atoms with Crippen molar-refractivity contribution in [3.05, 3.63) is 30.1 Å². The lowest BCUT2D eigenvalue weighted by molar-refractivity contribution is 0.0573. The van der Waals surface area contributed by atoms with Gasteiger partial charge in [0.2, 0.25) is 0 Å². The highest BCUT2D eigenvalue weighted by molar-refractivity contribution is 5.94. The molecule has 0 spiro atoms. The van der Waals surface area contributed by atoms with Crippen LogP contribution >= 0.6 is 0 Å². The van der Waals surface area contributed by atoms with Crippen LogP contribution in [0.4, 0.5) is 0 Å². The zero-order valence-electron chi connectivity index (χ0n) is 11.0. The smallest absolute Gasteiger partial charge is 0.255 e. The average molecular weight is 257 g/mol. The number of hydrogen-bond donors (Lipinski definition) is 0. The molecule has 1 aromatic rings. The number of rotatable bonds is 1. The molecule has 0 aliphatic carbocycles. The first-order valence-electron chi connectivity index (χ1n) is 7.23.